The summed E-state index contributed by atoms with van der Waals surface area (Å²) in [4.78, 5) is 11.4. The molecule has 1 aromatic rings. The van der Waals surface area contributed by atoms with E-state index in [1.165, 1.54) is 12.1 Å². The van der Waals surface area contributed by atoms with Gasteiger partial charge < -0.3 is 10.1 Å². The van der Waals surface area contributed by atoms with E-state index in [4.69, 9.17) is 27.9 Å². The first-order chi connectivity index (χ1) is 9.19. The molecule has 0 aromatic heterocycles. The topological polar surface area (TPSA) is 38.3 Å². The van der Waals surface area contributed by atoms with E-state index in [0.717, 1.165) is 0 Å². The van der Waals surface area contributed by atoms with E-state index in [0.29, 0.717) is 10.6 Å². The fourth-order valence-corrected chi connectivity index (χ4v) is 1.75. The summed E-state index contributed by atoms with van der Waals surface area (Å²) in [6.07, 6.45) is 2.72. The van der Waals surface area contributed by atoms with Gasteiger partial charge in [-0.05, 0) is 38.5 Å². The Bertz CT molecular complexity index is 525. The molecule has 0 aliphatic carbocycles. The Hall–Kier alpha value is -1.26. The van der Waals surface area contributed by atoms with Crippen molar-refractivity contribution in [2.45, 2.75) is 26.4 Å². The van der Waals surface area contributed by atoms with Crippen LogP contribution in [0.3, 0.4) is 0 Å². The summed E-state index contributed by atoms with van der Waals surface area (Å²) in [5, 5.41) is 2.85. The van der Waals surface area contributed by atoms with Gasteiger partial charge in [-0.3, -0.25) is 0 Å². The number of alkyl carbamates (subject to hydrolysis) is 1. The second-order valence-electron chi connectivity index (χ2n) is 5.07. The standard InChI is InChI=1S/C14H16Cl2FNO2/c1-14(2,3)20-13(19)18-6-4-5-9-7-12(17)11(16)8-10(9)15/h4-5,7-8H,6H2,1-3H3,(H,18,19). The smallest absolute Gasteiger partial charge is 0.407 e. The Kier molecular flexibility index (Phi) is 5.84. The molecule has 0 unspecified atom stereocenters. The van der Waals surface area contributed by atoms with Crippen LogP contribution in [0, 0.1) is 5.82 Å². The van der Waals surface area contributed by atoms with E-state index in [2.05, 4.69) is 5.32 Å². The van der Waals surface area contributed by atoms with E-state index >= 15 is 0 Å². The van der Waals surface area contributed by atoms with Crippen molar-refractivity contribution in [2.24, 2.45) is 0 Å². The highest BCUT2D eigenvalue weighted by Gasteiger charge is 2.15. The zero-order chi connectivity index (χ0) is 15.3. The molecule has 0 aliphatic heterocycles. The predicted octanol–water partition coefficient (Wildman–Crippen LogP) is 4.67. The van der Waals surface area contributed by atoms with Crippen molar-refractivity contribution in [3.63, 3.8) is 0 Å². The third-order valence-corrected chi connectivity index (χ3v) is 2.72. The van der Waals surface area contributed by atoms with Gasteiger partial charge >= 0.3 is 6.09 Å². The molecule has 3 nitrogen and oxygen atoms in total. The number of halogens is 3. The van der Waals surface area contributed by atoms with Crippen molar-refractivity contribution < 1.29 is 13.9 Å². The molecule has 110 valence electrons. The van der Waals surface area contributed by atoms with Crippen LogP contribution in [-0.4, -0.2) is 18.2 Å². The van der Waals surface area contributed by atoms with E-state index in [1.807, 2.05) is 0 Å². The quantitative estimate of drug-likeness (QED) is 0.822. The summed E-state index contributed by atoms with van der Waals surface area (Å²) in [6.45, 7) is 5.57. The van der Waals surface area contributed by atoms with Crippen molar-refractivity contribution in [3.8, 4) is 0 Å². The minimum atomic E-state index is -0.546. The molecule has 0 spiro atoms. The molecule has 0 aliphatic rings. The molecule has 20 heavy (non-hydrogen) atoms. The second kappa shape index (κ2) is 6.95. The average molecular weight is 320 g/mol. The average Bonchev–Trinajstić information content (AvgIpc) is 2.28. The number of ether oxygens (including phenoxy) is 1. The van der Waals surface area contributed by atoms with Gasteiger partial charge in [0.05, 0.1) is 5.02 Å². The molecule has 1 rings (SSSR count). The van der Waals surface area contributed by atoms with Crippen LogP contribution in [-0.2, 0) is 4.74 Å². The molecular formula is C14H16Cl2FNO2. The molecular weight excluding hydrogens is 304 g/mol. The second-order valence-corrected chi connectivity index (χ2v) is 5.89. The Morgan fingerprint density at radius 1 is 1.35 bits per heavy atom. The van der Waals surface area contributed by atoms with Crippen LogP contribution in [0.15, 0.2) is 18.2 Å². The van der Waals surface area contributed by atoms with E-state index < -0.39 is 17.5 Å². The lowest BCUT2D eigenvalue weighted by Crippen LogP contribution is -2.32. The van der Waals surface area contributed by atoms with Crippen LogP contribution < -0.4 is 5.32 Å². The molecule has 0 fully saturated rings. The zero-order valence-electron chi connectivity index (χ0n) is 11.5. The van der Waals surface area contributed by atoms with Crippen molar-refractivity contribution in [1.82, 2.24) is 5.32 Å². The third-order valence-electron chi connectivity index (χ3n) is 2.10. The number of amides is 1. The third kappa shape index (κ3) is 5.80. The summed E-state index contributed by atoms with van der Waals surface area (Å²) < 4.78 is 18.3. The number of benzene rings is 1. The Morgan fingerprint density at radius 3 is 2.60 bits per heavy atom. The normalized spacial score (nSPS) is 11.7. The number of carbonyl (C=O) groups is 1. The van der Waals surface area contributed by atoms with E-state index in [9.17, 15) is 9.18 Å². The van der Waals surface area contributed by atoms with Crippen LogP contribution in [0.2, 0.25) is 10.0 Å². The van der Waals surface area contributed by atoms with Crippen molar-refractivity contribution in [2.75, 3.05) is 6.54 Å². The lowest BCUT2D eigenvalue weighted by molar-refractivity contribution is 0.0534. The fourth-order valence-electron chi connectivity index (χ4n) is 1.31. The van der Waals surface area contributed by atoms with Crippen LogP contribution >= 0.6 is 23.2 Å². The van der Waals surface area contributed by atoms with Crippen molar-refractivity contribution in [3.05, 3.63) is 39.6 Å². The molecule has 6 heteroatoms. The van der Waals surface area contributed by atoms with Gasteiger partial charge in [0.25, 0.3) is 0 Å². The maximum Gasteiger partial charge on any atom is 0.407 e. The molecule has 1 aromatic carbocycles. The molecule has 0 radical (unpaired) electrons. The Labute approximate surface area is 127 Å². The highest BCUT2D eigenvalue weighted by atomic mass is 35.5. The van der Waals surface area contributed by atoms with Gasteiger partial charge in [0, 0.05) is 11.6 Å². The van der Waals surface area contributed by atoms with Gasteiger partial charge in [-0.15, -0.1) is 0 Å². The maximum absolute atomic E-state index is 13.3. The largest absolute Gasteiger partial charge is 0.444 e. The number of hydrogen-bond donors (Lipinski definition) is 1. The van der Waals surface area contributed by atoms with Gasteiger partial charge in [-0.25, -0.2) is 9.18 Å². The highest BCUT2D eigenvalue weighted by Crippen LogP contribution is 2.25. The number of nitrogens with one attached hydrogen (secondary N) is 1. The molecule has 0 heterocycles. The summed E-state index contributed by atoms with van der Waals surface area (Å²) in [5.74, 6) is -0.546. The maximum atomic E-state index is 13.3. The molecule has 0 atom stereocenters. The summed E-state index contributed by atoms with van der Waals surface area (Å²) >= 11 is 11.5. The van der Waals surface area contributed by atoms with Crippen molar-refractivity contribution in [1.29, 1.82) is 0 Å². The first-order valence-electron chi connectivity index (χ1n) is 5.97. The summed E-state index contributed by atoms with van der Waals surface area (Å²) in [6, 6.07) is 2.56. The minimum Gasteiger partial charge on any atom is -0.444 e. The molecule has 0 saturated carbocycles. The van der Waals surface area contributed by atoms with Crippen LogP contribution in [0.1, 0.15) is 26.3 Å². The first-order valence-corrected chi connectivity index (χ1v) is 6.72. The van der Waals surface area contributed by atoms with Gasteiger partial charge in [0.2, 0.25) is 0 Å². The molecule has 1 N–H and O–H groups in total. The number of carbonyl (C=O) groups excluding carboxylic acids is 1. The van der Waals surface area contributed by atoms with E-state index in [-0.39, 0.29) is 11.6 Å². The van der Waals surface area contributed by atoms with Crippen LogP contribution in [0.5, 0.6) is 0 Å². The van der Waals surface area contributed by atoms with Gasteiger partial charge in [0.1, 0.15) is 11.4 Å². The summed E-state index contributed by atoms with van der Waals surface area (Å²) in [7, 11) is 0. The number of hydrogen-bond acceptors (Lipinski definition) is 2. The predicted molar refractivity (Wildman–Crippen MR) is 79.7 cm³/mol. The monoisotopic (exact) mass is 319 g/mol. The molecule has 0 bridgehead atoms. The van der Waals surface area contributed by atoms with Gasteiger partial charge in [-0.2, -0.15) is 0 Å². The summed E-state index contributed by atoms with van der Waals surface area (Å²) in [5.41, 5.74) is -0.0595. The fraction of sp³-hybridized carbons (Fsp3) is 0.357. The van der Waals surface area contributed by atoms with Crippen LogP contribution in [0.25, 0.3) is 6.08 Å². The molecule has 1 amide bonds. The lowest BCUT2D eigenvalue weighted by atomic mass is 10.2. The first kappa shape index (κ1) is 16.8. The lowest BCUT2D eigenvalue weighted by Gasteiger charge is -2.19. The van der Waals surface area contributed by atoms with Gasteiger partial charge in [0.15, 0.2) is 0 Å². The number of rotatable bonds is 3. The van der Waals surface area contributed by atoms with Crippen LogP contribution in [0.4, 0.5) is 9.18 Å². The van der Waals surface area contributed by atoms with Crippen molar-refractivity contribution >= 4 is 35.4 Å². The van der Waals surface area contributed by atoms with Gasteiger partial charge in [-0.1, -0.05) is 35.4 Å². The zero-order valence-corrected chi connectivity index (χ0v) is 13.0. The SMILES string of the molecule is CC(C)(C)OC(=O)NCC=Cc1cc(F)c(Cl)cc1Cl. The highest BCUT2D eigenvalue weighted by molar-refractivity contribution is 6.35. The molecule has 0 saturated heterocycles. The minimum absolute atomic E-state index is 0.0287. The Morgan fingerprint density at radius 2 is 2.00 bits per heavy atom. The van der Waals surface area contributed by atoms with E-state index in [1.54, 1.807) is 32.9 Å². The Balaban J connectivity index is 2.54.